The Morgan fingerprint density at radius 2 is 2.62 bits per heavy atom. The Kier molecular flexibility index (Phi) is 1.57. The van der Waals surface area contributed by atoms with Gasteiger partial charge in [0.2, 0.25) is 6.29 Å². The van der Waals surface area contributed by atoms with Gasteiger partial charge in [-0.3, -0.25) is 9.79 Å². The lowest BCUT2D eigenvalue weighted by molar-refractivity contribution is 0.539. The summed E-state index contributed by atoms with van der Waals surface area (Å²) in [5, 5.41) is 0. The van der Waals surface area contributed by atoms with Gasteiger partial charge in [-0.2, -0.15) is 0 Å². The molecule has 0 aliphatic carbocycles. The highest BCUT2D eigenvalue weighted by Gasteiger charge is 2.02. The molecule has 0 bridgehead atoms. The van der Waals surface area contributed by atoms with Crippen LogP contribution in [-0.2, 0) is 4.79 Å². The van der Waals surface area contributed by atoms with Crippen molar-refractivity contribution in [3.8, 4) is 0 Å². The van der Waals surface area contributed by atoms with Crippen molar-refractivity contribution < 1.29 is 4.79 Å². The molecule has 2 nitrogen and oxygen atoms in total. The van der Waals surface area contributed by atoms with Gasteiger partial charge in [-0.05, 0) is 6.08 Å². The minimum atomic E-state index is -0.0972. The van der Waals surface area contributed by atoms with E-state index >= 15 is 0 Å². The summed E-state index contributed by atoms with van der Waals surface area (Å²) in [5.74, 6) is -0.0972. The molecule has 41 valence electrons. The Labute approximate surface area is 47.9 Å². The standard InChI is InChI=1S/C6H6NO/c8-5-6-2-1-3-7-4-6/h1-3,6H,4H2. The van der Waals surface area contributed by atoms with Crippen molar-refractivity contribution >= 4 is 12.5 Å². The monoisotopic (exact) mass is 108 g/mol. The number of nitrogens with zero attached hydrogens (tertiary/aromatic N) is 1. The second-order valence-electron chi connectivity index (χ2n) is 1.62. The Bertz CT molecular complexity index is 137. The van der Waals surface area contributed by atoms with Crippen LogP contribution in [0.4, 0.5) is 0 Å². The molecule has 1 atom stereocenters. The SMILES string of the molecule is O=[C]C1C=CC=NC1. The van der Waals surface area contributed by atoms with Crippen LogP contribution < -0.4 is 0 Å². The van der Waals surface area contributed by atoms with Gasteiger partial charge in [-0.15, -0.1) is 0 Å². The summed E-state index contributed by atoms with van der Waals surface area (Å²) in [6.07, 6.45) is 7.10. The van der Waals surface area contributed by atoms with Gasteiger partial charge >= 0.3 is 0 Å². The molecule has 0 aromatic carbocycles. The van der Waals surface area contributed by atoms with Crippen LogP contribution in [0.1, 0.15) is 0 Å². The first kappa shape index (κ1) is 5.22. The van der Waals surface area contributed by atoms with E-state index in [-0.39, 0.29) is 5.92 Å². The zero-order valence-corrected chi connectivity index (χ0v) is 4.37. The van der Waals surface area contributed by atoms with Crippen LogP contribution in [0, 0.1) is 5.92 Å². The molecule has 0 amide bonds. The first-order chi connectivity index (χ1) is 3.93. The smallest absolute Gasteiger partial charge is 0.207 e. The van der Waals surface area contributed by atoms with Gasteiger partial charge < -0.3 is 0 Å². The lowest BCUT2D eigenvalue weighted by Gasteiger charge is -1.99. The van der Waals surface area contributed by atoms with Crippen molar-refractivity contribution in [1.29, 1.82) is 0 Å². The largest absolute Gasteiger partial charge is 0.292 e. The molecule has 1 aliphatic heterocycles. The van der Waals surface area contributed by atoms with Crippen LogP contribution in [0.25, 0.3) is 0 Å². The van der Waals surface area contributed by atoms with Gasteiger partial charge in [-0.1, -0.05) is 6.08 Å². The van der Waals surface area contributed by atoms with E-state index in [1.165, 1.54) is 0 Å². The van der Waals surface area contributed by atoms with Gasteiger partial charge in [-0.25, -0.2) is 0 Å². The highest BCUT2D eigenvalue weighted by molar-refractivity contribution is 5.74. The molecule has 1 rings (SSSR count). The quantitative estimate of drug-likeness (QED) is 0.476. The molecule has 0 saturated carbocycles. The van der Waals surface area contributed by atoms with E-state index in [0.29, 0.717) is 6.54 Å². The molecular weight excluding hydrogens is 102 g/mol. The molecule has 1 radical (unpaired) electrons. The molecule has 1 heterocycles. The third kappa shape index (κ3) is 1.03. The maximum atomic E-state index is 9.91. The number of aliphatic imine (C=N–C) groups is 1. The lowest BCUT2D eigenvalue weighted by Crippen LogP contribution is -2.04. The molecule has 0 spiro atoms. The van der Waals surface area contributed by atoms with Crippen molar-refractivity contribution in [2.75, 3.05) is 6.54 Å². The Balaban J connectivity index is 2.51. The van der Waals surface area contributed by atoms with E-state index in [1.54, 1.807) is 18.4 Å². The minimum absolute atomic E-state index is 0.0972. The van der Waals surface area contributed by atoms with Gasteiger partial charge in [0.25, 0.3) is 0 Å². The molecule has 0 aromatic rings. The first-order valence-electron chi connectivity index (χ1n) is 2.48. The Morgan fingerprint density at radius 1 is 1.75 bits per heavy atom. The second-order valence-corrected chi connectivity index (χ2v) is 1.62. The fraction of sp³-hybridized carbons (Fsp3) is 0.333. The van der Waals surface area contributed by atoms with Crippen LogP contribution in [0.15, 0.2) is 17.1 Å². The van der Waals surface area contributed by atoms with Crippen molar-refractivity contribution in [2.24, 2.45) is 10.9 Å². The van der Waals surface area contributed by atoms with Crippen LogP contribution in [0.3, 0.4) is 0 Å². The van der Waals surface area contributed by atoms with Crippen LogP contribution in [-0.4, -0.2) is 19.0 Å². The van der Waals surface area contributed by atoms with Crippen molar-refractivity contribution in [1.82, 2.24) is 0 Å². The highest BCUT2D eigenvalue weighted by Crippen LogP contribution is 1.97. The van der Waals surface area contributed by atoms with Gasteiger partial charge in [0, 0.05) is 6.21 Å². The van der Waals surface area contributed by atoms with E-state index in [2.05, 4.69) is 4.99 Å². The van der Waals surface area contributed by atoms with Gasteiger partial charge in [0.1, 0.15) is 0 Å². The summed E-state index contributed by atoms with van der Waals surface area (Å²) in [6.45, 7) is 0.569. The summed E-state index contributed by atoms with van der Waals surface area (Å²) < 4.78 is 0. The van der Waals surface area contributed by atoms with Crippen LogP contribution in [0.5, 0.6) is 0 Å². The van der Waals surface area contributed by atoms with E-state index in [9.17, 15) is 4.79 Å². The minimum Gasteiger partial charge on any atom is -0.292 e. The number of carbonyl (C=O) groups excluding carboxylic acids is 1. The van der Waals surface area contributed by atoms with E-state index in [0.717, 1.165) is 0 Å². The van der Waals surface area contributed by atoms with E-state index in [4.69, 9.17) is 0 Å². The van der Waals surface area contributed by atoms with Gasteiger partial charge in [0.05, 0.1) is 12.5 Å². The summed E-state index contributed by atoms with van der Waals surface area (Å²) in [5.41, 5.74) is 0. The molecule has 1 unspecified atom stereocenters. The number of hydrogen-bond donors (Lipinski definition) is 0. The maximum absolute atomic E-state index is 9.91. The van der Waals surface area contributed by atoms with Crippen LogP contribution in [0.2, 0.25) is 0 Å². The summed E-state index contributed by atoms with van der Waals surface area (Å²) in [6, 6.07) is 0. The fourth-order valence-electron chi connectivity index (χ4n) is 0.557. The number of dihydropyridines is 1. The van der Waals surface area contributed by atoms with E-state index < -0.39 is 0 Å². The Morgan fingerprint density at radius 3 is 3.00 bits per heavy atom. The molecule has 0 N–H and O–H groups in total. The average molecular weight is 108 g/mol. The number of allylic oxidation sites excluding steroid dienone is 1. The normalized spacial score (nSPS) is 25.8. The average Bonchev–Trinajstić information content (AvgIpc) is 1.90. The lowest BCUT2D eigenvalue weighted by atomic mass is 10.1. The predicted octanol–water partition coefficient (Wildman–Crippen LogP) is 0.353. The molecule has 8 heavy (non-hydrogen) atoms. The zero-order valence-electron chi connectivity index (χ0n) is 4.37. The third-order valence-corrected chi connectivity index (χ3v) is 0.988. The maximum Gasteiger partial charge on any atom is 0.207 e. The molecule has 2 heteroatoms. The highest BCUT2D eigenvalue weighted by atomic mass is 16.1. The van der Waals surface area contributed by atoms with Crippen LogP contribution >= 0.6 is 0 Å². The Hall–Kier alpha value is -0.920. The number of rotatable bonds is 1. The van der Waals surface area contributed by atoms with Crippen molar-refractivity contribution in [3.63, 3.8) is 0 Å². The summed E-state index contributed by atoms with van der Waals surface area (Å²) in [7, 11) is 0. The molecule has 1 aliphatic rings. The first-order valence-corrected chi connectivity index (χ1v) is 2.48. The second kappa shape index (κ2) is 2.40. The molecule has 0 saturated heterocycles. The van der Waals surface area contributed by atoms with Crippen molar-refractivity contribution in [2.45, 2.75) is 0 Å². The topological polar surface area (TPSA) is 29.4 Å². The fourth-order valence-corrected chi connectivity index (χ4v) is 0.557. The summed E-state index contributed by atoms with van der Waals surface area (Å²) >= 11 is 0. The third-order valence-electron chi connectivity index (χ3n) is 0.988. The summed E-state index contributed by atoms with van der Waals surface area (Å²) in [4.78, 5) is 13.8. The van der Waals surface area contributed by atoms with E-state index in [1.807, 2.05) is 6.29 Å². The predicted molar refractivity (Wildman–Crippen MR) is 31.7 cm³/mol. The molecule has 0 fully saturated rings. The molecular formula is C6H6NO. The number of hydrogen-bond acceptors (Lipinski definition) is 2. The van der Waals surface area contributed by atoms with Crippen molar-refractivity contribution in [3.05, 3.63) is 12.2 Å². The van der Waals surface area contributed by atoms with Gasteiger partial charge in [0.15, 0.2) is 0 Å². The zero-order chi connectivity index (χ0) is 5.82. The molecule has 0 aromatic heterocycles.